The molecule has 3 N–H and O–H groups in total. The highest BCUT2D eigenvalue weighted by Crippen LogP contribution is 2.22. The molecule has 0 aliphatic rings. The van der Waals surface area contributed by atoms with Crippen LogP contribution in [0.5, 0.6) is 5.75 Å². The number of ether oxygens (including phenoxy) is 1. The molecule has 0 spiro atoms. The predicted octanol–water partition coefficient (Wildman–Crippen LogP) is 0.845. The van der Waals surface area contributed by atoms with Crippen molar-refractivity contribution in [3.8, 4) is 5.75 Å². The van der Waals surface area contributed by atoms with Crippen molar-refractivity contribution in [3.63, 3.8) is 0 Å². The van der Waals surface area contributed by atoms with E-state index in [-0.39, 0.29) is 5.91 Å². The van der Waals surface area contributed by atoms with Gasteiger partial charge in [0.05, 0.1) is 7.11 Å². The molecule has 5 heteroatoms. The summed E-state index contributed by atoms with van der Waals surface area (Å²) in [5.41, 5.74) is 7.45. The van der Waals surface area contributed by atoms with Crippen LogP contribution >= 0.6 is 0 Å². The first-order valence-electron chi connectivity index (χ1n) is 5.88. The second-order valence-corrected chi connectivity index (χ2v) is 4.23. The zero-order valence-corrected chi connectivity index (χ0v) is 11.2. The molecule has 18 heavy (non-hydrogen) atoms. The summed E-state index contributed by atoms with van der Waals surface area (Å²) in [7, 11) is 5.24. The molecule has 0 aliphatic carbocycles. The first-order chi connectivity index (χ1) is 8.56. The SMILES string of the molecule is CNC(=O)CCN(C)Cc1ccc(N)cc1OC. The molecule has 0 fully saturated rings. The molecule has 0 atom stereocenters. The number of hydrogen-bond acceptors (Lipinski definition) is 4. The maximum Gasteiger partial charge on any atom is 0.221 e. The molecule has 0 bridgehead atoms. The van der Waals surface area contributed by atoms with Gasteiger partial charge in [0.25, 0.3) is 0 Å². The first-order valence-corrected chi connectivity index (χ1v) is 5.88. The number of nitrogens with two attached hydrogens (primary N) is 1. The lowest BCUT2D eigenvalue weighted by Crippen LogP contribution is -2.26. The predicted molar refractivity (Wildman–Crippen MR) is 72.4 cm³/mol. The smallest absolute Gasteiger partial charge is 0.221 e. The van der Waals surface area contributed by atoms with Crippen LogP contribution in [-0.4, -0.2) is 38.6 Å². The van der Waals surface area contributed by atoms with Crippen LogP contribution in [0.4, 0.5) is 5.69 Å². The standard InChI is InChI=1S/C13H21N3O2/c1-15-13(17)6-7-16(2)9-10-4-5-11(14)8-12(10)18-3/h4-5,8H,6-7,9,14H2,1-3H3,(H,15,17). The maximum absolute atomic E-state index is 11.2. The lowest BCUT2D eigenvalue weighted by molar-refractivity contribution is -0.120. The van der Waals surface area contributed by atoms with Crippen molar-refractivity contribution in [3.05, 3.63) is 23.8 Å². The second-order valence-electron chi connectivity index (χ2n) is 4.23. The molecular weight excluding hydrogens is 230 g/mol. The van der Waals surface area contributed by atoms with Crippen LogP contribution < -0.4 is 15.8 Å². The Morgan fingerprint density at radius 2 is 2.22 bits per heavy atom. The quantitative estimate of drug-likeness (QED) is 0.735. The van der Waals surface area contributed by atoms with Gasteiger partial charge in [-0.05, 0) is 13.1 Å². The van der Waals surface area contributed by atoms with Gasteiger partial charge >= 0.3 is 0 Å². The van der Waals surface area contributed by atoms with Crippen molar-refractivity contribution in [2.45, 2.75) is 13.0 Å². The van der Waals surface area contributed by atoms with Gasteiger partial charge in [0.1, 0.15) is 5.75 Å². The monoisotopic (exact) mass is 251 g/mol. The van der Waals surface area contributed by atoms with E-state index in [2.05, 4.69) is 10.2 Å². The lowest BCUT2D eigenvalue weighted by Gasteiger charge is -2.18. The molecule has 0 saturated heterocycles. The maximum atomic E-state index is 11.2. The highest BCUT2D eigenvalue weighted by molar-refractivity contribution is 5.75. The summed E-state index contributed by atoms with van der Waals surface area (Å²) in [5, 5.41) is 2.61. The minimum atomic E-state index is 0.0473. The van der Waals surface area contributed by atoms with Gasteiger partial charge in [0, 0.05) is 43.9 Å². The minimum absolute atomic E-state index is 0.0473. The number of nitrogen functional groups attached to an aromatic ring is 1. The van der Waals surface area contributed by atoms with Gasteiger partial charge in [-0.15, -0.1) is 0 Å². The zero-order valence-electron chi connectivity index (χ0n) is 11.2. The van der Waals surface area contributed by atoms with Gasteiger partial charge in [0.2, 0.25) is 5.91 Å². The summed E-state index contributed by atoms with van der Waals surface area (Å²) in [6.07, 6.45) is 0.490. The fourth-order valence-electron chi connectivity index (χ4n) is 1.68. The van der Waals surface area contributed by atoms with Crippen LogP contribution in [0.15, 0.2) is 18.2 Å². The van der Waals surface area contributed by atoms with E-state index in [1.54, 1.807) is 14.2 Å². The number of benzene rings is 1. The molecule has 0 radical (unpaired) electrons. The molecule has 5 nitrogen and oxygen atoms in total. The largest absolute Gasteiger partial charge is 0.496 e. The van der Waals surface area contributed by atoms with E-state index in [1.165, 1.54) is 0 Å². The van der Waals surface area contributed by atoms with Crippen LogP contribution in [0.3, 0.4) is 0 Å². The summed E-state index contributed by atoms with van der Waals surface area (Å²) < 4.78 is 5.29. The lowest BCUT2D eigenvalue weighted by atomic mass is 10.1. The molecule has 0 saturated carbocycles. The molecule has 1 amide bonds. The Balaban J connectivity index is 2.58. The van der Waals surface area contributed by atoms with E-state index in [9.17, 15) is 4.79 Å². The highest BCUT2D eigenvalue weighted by Gasteiger charge is 2.08. The number of carbonyl (C=O) groups is 1. The van der Waals surface area contributed by atoms with Crippen LogP contribution in [0, 0.1) is 0 Å². The number of amides is 1. The average molecular weight is 251 g/mol. The van der Waals surface area contributed by atoms with Gasteiger partial charge in [-0.2, -0.15) is 0 Å². The number of rotatable bonds is 6. The Morgan fingerprint density at radius 3 is 2.83 bits per heavy atom. The average Bonchev–Trinajstić information content (AvgIpc) is 2.37. The molecule has 1 aromatic carbocycles. The van der Waals surface area contributed by atoms with Gasteiger partial charge < -0.3 is 20.7 Å². The summed E-state index contributed by atoms with van der Waals surface area (Å²) in [4.78, 5) is 13.2. The molecule has 1 aromatic rings. The van der Waals surface area contributed by atoms with E-state index in [1.807, 2.05) is 25.2 Å². The number of hydrogen-bond donors (Lipinski definition) is 2. The van der Waals surface area contributed by atoms with Gasteiger partial charge in [-0.3, -0.25) is 4.79 Å². The zero-order chi connectivity index (χ0) is 13.5. The van der Waals surface area contributed by atoms with E-state index < -0.39 is 0 Å². The van der Waals surface area contributed by atoms with E-state index >= 15 is 0 Å². The van der Waals surface area contributed by atoms with Crippen molar-refractivity contribution in [1.82, 2.24) is 10.2 Å². The molecule has 0 aliphatic heterocycles. The van der Waals surface area contributed by atoms with Crippen LogP contribution in [0.1, 0.15) is 12.0 Å². The normalized spacial score (nSPS) is 10.4. The second kappa shape index (κ2) is 6.86. The number of methoxy groups -OCH3 is 1. The van der Waals surface area contributed by atoms with Crippen molar-refractivity contribution in [2.75, 3.05) is 33.5 Å². The molecule has 0 unspecified atom stereocenters. The summed E-state index contributed by atoms with van der Waals surface area (Å²) in [5.74, 6) is 0.827. The first kappa shape index (κ1) is 14.3. The summed E-state index contributed by atoms with van der Waals surface area (Å²) in [6.45, 7) is 1.42. The van der Waals surface area contributed by atoms with Crippen molar-refractivity contribution >= 4 is 11.6 Å². The Morgan fingerprint density at radius 1 is 1.50 bits per heavy atom. The number of carbonyl (C=O) groups excluding carboxylic acids is 1. The molecule has 100 valence electrons. The Hall–Kier alpha value is -1.75. The highest BCUT2D eigenvalue weighted by atomic mass is 16.5. The Bertz CT molecular complexity index is 407. The van der Waals surface area contributed by atoms with Crippen molar-refractivity contribution < 1.29 is 9.53 Å². The van der Waals surface area contributed by atoms with Crippen LogP contribution in [-0.2, 0) is 11.3 Å². The van der Waals surface area contributed by atoms with E-state index in [4.69, 9.17) is 10.5 Å². The molecule has 1 rings (SSSR count). The van der Waals surface area contributed by atoms with Gasteiger partial charge in [0.15, 0.2) is 0 Å². The van der Waals surface area contributed by atoms with Crippen LogP contribution in [0.25, 0.3) is 0 Å². The minimum Gasteiger partial charge on any atom is -0.496 e. The van der Waals surface area contributed by atoms with Crippen molar-refractivity contribution in [2.24, 2.45) is 0 Å². The Kier molecular flexibility index (Phi) is 5.45. The third-order valence-corrected chi connectivity index (χ3v) is 2.75. The summed E-state index contributed by atoms with van der Waals surface area (Å²) in [6, 6.07) is 5.61. The van der Waals surface area contributed by atoms with E-state index in [0.717, 1.165) is 17.9 Å². The number of nitrogens with zero attached hydrogens (tertiary/aromatic N) is 1. The topological polar surface area (TPSA) is 67.6 Å². The van der Waals surface area contributed by atoms with Crippen LogP contribution in [0.2, 0.25) is 0 Å². The molecule has 0 heterocycles. The number of nitrogens with one attached hydrogen (secondary N) is 1. The van der Waals surface area contributed by atoms with Gasteiger partial charge in [-0.1, -0.05) is 6.07 Å². The molecule has 0 aromatic heterocycles. The fourth-order valence-corrected chi connectivity index (χ4v) is 1.68. The van der Waals surface area contributed by atoms with Crippen molar-refractivity contribution in [1.29, 1.82) is 0 Å². The fraction of sp³-hybridized carbons (Fsp3) is 0.462. The number of anilines is 1. The summed E-state index contributed by atoms with van der Waals surface area (Å²) >= 11 is 0. The third-order valence-electron chi connectivity index (χ3n) is 2.75. The third kappa shape index (κ3) is 4.25. The van der Waals surface area contributed by atoms with E-state index in [0.29, 0.717) is 18.7 Å². The molecular formula is C13H21N3O2. The Labute approximate surface area is 108 Å². The van der Waals surface area contributed by atoms with Gasteiger partial charge in [-0.25, -0.2) is 0 Å².